The predicted octanol–water partition coefficient (Wildman–Crippen LogP) is 2.36. The number of anilines is 1. The summed E-state index contributed by atoms with van der Waals surface area (Å²) in [4.78, 5) is 26.4. The summed E-state index contributed by atoms with van der Waals surface area (Å²) in [5, 5.41) is 2.87. The summed E-state index contributed by atoms with van der Waals surface area (Å²) < 4.78 is 0.761. The number of amides is 2. The molecule has 1 saturated carbocycles. The molecule has 0 spiro atoms. The zero-order valence-corrected chi connectivity index (χ0v) is 13.9. The molecule has 6 heteroatoms. The Labute approximate surface area is 138 Å². The van der Waals surface area contributed by atoms with E-state index in [4.69, 9.17) is 5.73 Å². The minimum Gasteiger partial charge on any atom is -0.366 e. The van der Waals surface area contributed by atoms with E-state index in [0.717, 1.165) is 36.4 Å². The van der Waals surface area contributed by atoms with Crippen LogP contribution in [0, 0.1) is 5.92 Å². The zero-order chi connectivity index (χ0) is 15.7. The molecule has 1 saturated heterocycles. The molecule has 0 bridgehead atoms. The molecule has 1 aromatic carbocycles. The van der Waals surface area contributed by atoms with Gasteiger partial charge in [0.1, 0.15) is 0 Å². The van der Waals surface area contributed by atoms with Crippen molar-refractivity contribution >= 4 is 33.4 Å². The van der Waals surface area contributed by atoms with E-state index in [1.807, 2.05) is 0 Å². The Balaban J connectivity index is 1.63. The molecule has 2 aliphatic rings. The van der Waals surface area contributed by atoms with Crippen LogP contribution in [0.15, 0.2) is 22.7 Å². The maximum absolute atomic E-state index is 12.4. The van der Waals surface area contributed by atoms with E-state index < -0.39 is 5.91 Å². The molecular formula is C16H20BrN3O2. The molecule has 1 aliphatic carbocycles. The number of likely N-dealkylation sites (tertiary alicyclic amines) is 1. The molecule has 118 valence electrons. The SMILES string of the molecule is NC(=O)c1cc(Br)ccc1NC(=O)C1CCN(C2CC2)CC1. The second kappa shape index (κ2) is 6.38. The second-order valence-corrected chi connectivity index (χ2v) is 7.00. The first kappa shape index (κ1) is 15.5. The summed E-state index contributed by atoms with van der Waals surface area (Å²) in [5.74, 6) is -0.542. The third kappa shape index (κ3) is 3.50. The van der Waals surface area contributed by atoms with Gasteiger partial charge in [-0.05, 0) is 57.0 Å². The lowest BCUT2D eigenvalue weighted by atomic mass is 9.95. The monoisotopic (exact) mass is 365 g/mol. The van der Waals surface area contributed by atoms with Gasteiger partial charge in [-0.1, -0.05) is 15.9 Å². The highest BCUT2D eigenvalue weighted by Crippen LogP contribution is 2.31. The fourth-order valence-electron chi connectivity index (χ4n) is 3.03. The van der Waals surface area contributed by atoms with E-state index in [0.29, 0.717) is 11.3 Å². The fourth-order valence-corrected chi connectivity index (χ4v) is 3.39. The third-order valence-electron chi connectivity index (χ3n) is 4.47. The predicted molar refractivity (Wildman–Crippen MR) is 88.6 cm³/mol. The molecule has 2 amide bonds. The minimum atomic E-state index is -0.542. The van der Waals surface area contributed by atoms with Gasteiger partial charge in [0.15, 0.2) is 0 Å². The fraction of sp³-hybridized carbons (Fsp3) is 0.500. The van der Waals surface area contributed by atoms with Gasteiger partial charge in [0.05, 0.1) is 11.3 Å². The summed E-state index contributed by atoms with van der Waals surface area (Å²) in [7, 11) is 0. The van der Waals surface area contributed by atoms with Gasteiger partial charge in [-0.2, -0.15) is 0 Å². The average molecular weight is 366 g/mol. The topological polar surface area (TPSA) is 75.4 Å². The third-order valence-corrected chi connectivity index (χ3v) is 4.96. The molecule has 1 aliphatic heterocycles. The summed E-state index contributed by atoms with van der Waals surface area (Å²) in [6.07, 6.45) is 4.37. The molecule has 0 atom stereocenters. The quantitative estimate of drug-likeness (QED) is 0.859. The Morgan fingerprint density at radius 1 is 1.18 bits per heavy atom. The van der Waals surface area contributed by atoms with Gasteiger partial charge in [0, 0.05) is 16.4 Å². The lowest BCUT2D eigenvalue weighted by Gasteiger charge is -2.31. The molecular weight excluding hydrogens is 346 g/mol. The van der Waals surface area contributed by atoms with Crippen LogP contribution in [0.25, 0.3) is 0 Å². The van der Waals surface area contributed by atoms with E-state index in [2.05, 4.69) is 26.1 Å². The van der Waals surface area contributed by atoms with Crippen LogP contribution in [0.3, 0.4) is 0 Å². The van der Waals surface area contributed by atoms with Crippen molar-refractivity contribution in [2.24, 2.45) is 11.7 Å². The van der Waals surface area contributed by atoms with Crippen molar-refractivity contribution in [1.29, 1.82) is 0 Å². The molecule has 2 fully saturated rings. The summed E-state index contributed by atoms with van der Waals surface area (Å²) in [6, 6.07) is 5.89. The number of primary amides is 1. The number of hydrogen-bond acceptors (Lipinski definition) is 3. The van der Waals surface area contributed by atoms with Gasteiger partial charge >= 0.3 is 0 Å². The van der Waals surface area contributed by atoms with Crippen molar-refractivity contribution < 1.29 is 9.59 Å². The van der Waals surface area contributed by atoms with E-state index in [1.54, 1.807) is 18.2 Å². The van der Waals surface area contributed by atoms with Gasteiger partial charge in [-0.25, -0.2) is 0 Å². The van der Waals surface area contributed by atoms with Crippen LogP contribution < -0.4 is 11.1 Å². The lowest BCUT2D eigenvalue weighted by molar-refractivity contribution is -0.121. The first-order valence-corrected chi connectivity index (χ1v) is 8.48. The van der Waals surface area contributed by atoms with Crippen molar-refractivity contribution in [3.05, 3.63) is 28.2 Å². The number of hydrogen-bond donors (Lipinski definition) is 2. The number of piperidine rings is 1. The number of carbonyl (C=O) groups excluding carboxylic acids is 2. The van der Waals surface area contributed by atoms with Gasteiger partial charge in [0.2, 0.25) is 5.91 Å². The van der Waals surface area contributed by atoms with Crippen molar-refractivity contribution in [2.45, 2.75) is 31.7 Å². The Kier molecular flexibility index (Phi) is 4.49. The van der Waals surface area contributed by atoms with Crippen LogP contribution in [-0.4, -0.2) is 35.8 Å². The van der Waals surface area contributed by atoms with Crippen LogP contribution in [-0.2, 0) is 4.79 Å². The number of nitrogens with one attached hydrogen (secondary N) is 1. The van der Waals surface area contributed by atoms with Crippen molar-refractivity contribution in [1.82, 2.24) is 4.90 Å². The number of nitrogens with two attached hydrogens (primary N) is 1. The highest BCUT2D eigenvalue weighted by atomic mass is 79.9. The lowest BCUT2D eigenvalue weighted by Crippen LogP contribution is -2.39. The Hall–Kier alpha value is -1.40. The maximum atomic E-state index is 12.4. The van der Waals surface area contributed by atoms with Crippen molar-refractivity contribution in [3.63, 3.8) is 0 Å². The molecule has 0 radical (unpaired) electrons. The minimum absolute atomic E-state index is 0.0133. The van der Waals surface area contributed by atoms with E-state index in [1.165, 1.54) is 12.8 Å². The molecule has 0 aromatic heterocycles. The molecule has 3 N–H and O–H groups in total. The van der Waals surface area contributed by atoms with Gasteiger partial charge in [0.25, 0.3) is 5.91 Å². The van der Waals surface area contributed by atoms with Crippen molar-refractivity contribution in [2.75, 3.05) is 18.4 Å². The van der Waals surface area contributed by atoms with Gasteiger partial charge in [-0.3, -0.25) is 9.59 Å². The number of halogens is 1. The van der Waals surface area contributed by atoms with Gasteiger partial charge in [-0.15, -0.1) is 0 Å². The highest BCUT2D eigenvalue weighted by Gasteiger charge is 2.33. The Morgan fingerprint density at radius 3 is 2.45 bits per heavy atom. The summed E-state index contributed by atoms with van der Waals surface area (Å²) in [5.41, 5.74) is 6.20. The number of rotatable bonds is 4. The first-order chi connectivity index (χ1) is 10.5. The molecule has 3 rings (SSSR count). The Bertz CT molecular complexity index is 593. The van der Waals surface area contributed by atoms with E-state index in [9.17, 15) is 9.59 Å². The van der Waals surface area contributed by atoms with Crippen LogP contribution in [0.2, 0.25) is 0 Å². The normalized spacial score (nSPS) is 19.9. The molecule has 1 aromatic rings. The number of carbonyl (C=O) groups is 2. The summed E-state index contributed by atoms with van der Waals surface area (Å²) >= 11 is 3.31. The Morgan fingerprint density at radius 2 is 1.86 bits per heavy atom. The van der Waals surface area contributed by atoms with Gasteiger partial charge < -0.3 is 16.0 Å². The second-order valence-electron chi connectivity index (χ2n) is 6.08. The zero-order valence-electron chi connectivity index (χ0n) is 12.3. The van der Waals surface area contributed by atoms with Crippen molar-refractivity contribution in [3.8, 4) is 0 Å². The molecule has 5 nitrogen and oxygen atoms in total. The van der Waals surface area contributed by atoms with E-state index >= 15 is 0 Å². The molecule has 0 unspecified atom stereocenters. The number of nitrogens with zero attached hydrogens (tertiary/aromatic N) is 1. The summed E-state index contributed by atoms with van der Waals surface area (Å²) in [6.45, 7) is 1.98. The highest BCUT2D eigenvalue weighted by molar-refractivity contribution is 9.10. The maximum Gasteiger partial charge on any atom is 0.250 e. The number of benzene rings is 1. The average Bonchev–Trinajstić information content (AvgIpc) is 3.33. The van der Waals surface area contributed by atoms with Crippen LogP contribution >= 0.6 is 15.9 Å². The first-order valence-electron chi connectivity index (χ1n) is 7.69. The largest absolute Gasteiger partial charge is 0.366 e. The standard InChI is InChI=1S/C16H20BrN3O2/c17-11-1-4-14(13(9-11)15(18)21)19-16(22)10-5-7-20(8-6-10)12-2-3-12/h1,4,9-10,12H,2-3,5-8H2,(H2,18,21)(H,19,22). The smallest absolute Gasteiger partial charge is 0.250 e. The molecule has 22 heavy (non-hydrogen) atoms. The van der Waals surface area contributed by atoms with Crippen LogP contribution in [0.4, 0.5) is 5.69 Å². The van der Waals surface area contributed by atoms with E-state index in [-0.39, 0.29) is 11.8 Å². The van der Waals surface area contributed by atoms with Crippen LogP contribution in [0.5, 0.6) is 0 Å². The molecule has 1 heterocycles. The van der Waals surface area contributed by atoms with Crippen LogP contribution in [0.1, 0.15) is 36.0 Å².